The van der Waals surface area contributed by atoms with E-state index in [0.29, 0.717) is 17.5 Å². The molecule has 1 aliphatic rings. The van der Waals surface area contributed by atoms with Gasteiger partial charge in [-0.05, 0) is 66.4 Å². The van der Waals surface area contributed by atoms with E-state index in [-0.39, 0.29) is 29.0 Å². The fourth-order valence-corrected chi connectivity index (χ4v) is 4.11. The van der Waals surface area contributed by atoms with Crippen molar-refractivity contribution >= 4 is 0 Å². The van der Waals surface area contributed by atoms with E-state index in [1.165, 1.54) is 6.92 Å². The van der Waals surface area contributed by atoms with Crippen LogP contribution in [0.3, 0.4) is 0 Å². The normalized spacial score (nSPS) is 15.5. The molecular weight excluding hydrogens is 400 g/mol. The minimum Gasteiger partial charge on any atom is -0.203 e. The minimum absolute atomic E-state index is 0.0202. The minimum atomic E-state index is -0.977. The molecule has 2 aromatic carbocycles. The monoisotopic (exact) mass is 428 g/mol. The summed E-state index contributed by atoms with van der Waals surface area (Å²) in [4.78, 5) is 0. The molecule has 0 aromatic heterocycles. The van der Waals surface area contributed by atoms with Crippen LogP contribution >= 0.6 is 0 Å². The van der Waals surface area contributed by atoms with Crippen molar-refractivity contribution < 1.29 is 17.6 Å². The molecule has 1 aliphatic carbocycles. The van der Waals surface area contributed by atoms with Gasteiger partial charge in [-0.3, -0.25) is 0 Å². The van der Waals surface area contributed by atoms with E-state index in [1.807, 2.05) is 0 Å². The van der Waals surface area contributed by atoms with E-state index < -0.39 is 23.3 Å². The first-order valence-electron chi connectivity index (χ1n) is 10.8. The second-order valence-corrected chi connectivity index (χ2v) is 8.37. The molecule has 0 nitrogen and oxygen atoms in total. The molecule has 0 bridgehead atoms. The van der Waals surface area contributed by atoms with Crippen LogP contribution in [-0.2, 0) is 6.42 Å². The van der Waals surface area contributed by atoms with Gasteiger partial charge >= 0.3 is 0 Å². The maximum absolute atomic E-state index is 14.8. The Kier molecular flexibility index (Phi) is 7.53. The second kappa shape index (κ2) is 10.1. The van der Waals surface area contributed by atoms with E-state index in [4.69, 9.17) is 0 Å². The number of hydrogen-bond donors (Lipinski definition) is 0. The van der Waals surface area contributed by atoms with Crippen molar-refractivity contribution in [3.8, 4) is 11.1 Å². The maximum atomic E-state index is 14.8. The van der Waals surface area contributed by atoms with Gasteiger partial charge in [0, 0.05) is 5.56 Å². The van der Waals surface area contributed by atoms with Crippen molar-refractivity contribution in [2.75, 3.05) is 0 Å². The molecule has 0 amide bonds. The van der Waals surface area contributed by atoms with Crippen LogP contribution < -0.4 is 0 Å². The topological polar surface area (TPSA) is 0 Å². The van der Waals surface area contributed by atoms with E-state index >= 15 is 0 Å². The van der Waals surface area contributed by atoms with Crippen LogP contribution in [0.1, 0.15) is 62.5 Å². The molecule has 0 saturated heterocycles. The molecule has 0 unspecified atom stereocenters. The lowest BCUT2D eigenvalue weighted by molar-refractivity contribution is 0.418. The third-order valence-corrected chi connectivity index (χ3v) is 6.02. The molecule has 1 saturated carbocycles. The van der Waals surface area contributed by atoms with Crippen LogP contribution in [0.15, 0.2) is 72.4 Å². The lowest BCUT2D eigenvalue weighted by atomic mass is 9.83. The van der Waals surface area contributed by atoms with Gasteiger partial charge < -0.3 is 0 Å². The van der Waals surface area contributed by atoms with Crippen molar-refractivity contribution in [2.24, 2.45) is 0 Å². The standard InChI is InChI=1S/C27H28F4/c1-17(2)24(28)25(29)18(3)9-10-19-11-13-21(14-12-19)23-16-15-22(26(30)27(23)31)20-7-5-4-6-8-20/h11-16,20H,1,3-10H2,2H3/b25-24-. The summed E-state index contributed by atoms with van der Waals surface area (Å²) in [6.07, 6.45) is 5.77. The van der Waals surface area contributed by atoms with Gasteiger partial charge in [-0.15, -0.1) is 0 Å². The molecule has 0 atom stereocenters. The SMILES string of the molecule is C=C(C)/C(F)=C(/F)C(=C)CCc1ccc(-c2ccc(C3CCCCC3)c(F)c2F)cc1. The zero-order chi connectivity index (χ0) is 22.5. The first kappa shape index (κ1) is 23.1. The van der Waals surface area contributed by atoms with Crippen molar-refractivity contribution in [1.82, 2.24) is 0 Å². The first-order chi connectivity index (χ1) is 14.8. The Balaban J connectivity index is 1.71. The quantitative estimate of drug-likeness (QED) is 0.305. The highest BCUT2D eigenvalue weighted by atomic mass is 19.2. The number of allylic oxidation sites excluding steroid dienone is 4. The fraction of sp³-hybridized carbons (Fsp3) is 0.333. The van der Waals surface area contributed by atoms with Crippen molar-refractivity contribution in [1.29, 1.82) is 0 Å². The Labute approximate surface area is 182 Å². The molecule has 1 fully saturated rings. The summed E-state index contributed by atoms with van der Waals surface area (Å²) < 4.78 is 57.1. The molecule has 3 rings (SSSR count). The van der Waals surface area contributed by atoms with Crippen LogP contribution in [-0.4, -0.2) is 0 Å². The van der Waals surface area contributed by atoms with E-state index in [1.54, 1.807) is 36.4 Å². The summed E-state index contributed by atoms with van der Waals surface area (Å²) in [6.45, 7) is 8.38. The molecule has 0 spiro atoms. The lowest BCUT2D eigenvalue weighted by Gasteiger charge is -2.23. The predicted molar refractivity (Wildman–Crippen MR) is 119 cm³/mol. The summed E-state index contributed by atoms with van der Waals surface area (Å²) in [5.74, 6) is -3.41. The molecule has 0 heterocycles. The largest absolute Gasteiger partial charge is 0.203 e. The van der Waals surface area contributed by atoms with E-state index in [0.717, 1.165) is 37.7 Å². The van der Waals surface area contributed by atoms with Gasteiger partial charge in [0.05, 0.1) is 0 Å². The fourth-order valence-electron chi connectivity index (χ4n) is 4.11. The van der Waals surface area contributed by atoms with Gasteiger partial charge in [0.2, 0.25) is 0 Å². The highest BCUT2D eigenvalue weighted by molar-refractivity contribution is 5.65. The molecule has 2 aromatic rings. The number of hydrogen-bond acceptors (Lipinski definition) is 0. The summed E-state index contributed by atoms with van der Waals surface area (Å²) in [6, 6.07) is 10.4. The van der Waals surface area contributed by atoms with Crippen LogP contribution in [0.2, 0.25) is 0 Å². The number of benzene rings is 2. The molecule has 0 radical (unpaired) electrons. The Morgan fingerprint density at radius 2 is 1.52 bits per heavy atom. The van der Waals surface area contributed by atoms with Crippen LogP contribution in [0.4, 0.5) is 17.6 Å². The van der Waals surface area contributed by atoms with Gasteiger partial charge in [0.1, 0.15) is 0 Å². The van der Waals surface area contributed by atoms with Crippen LogP contribution in [0.5, 0.6) is 0 Å². The summed E-state index contributed by atoms with van der Waals surface area (Å²) >= 11 is 0. The molecule has 31 heavy (non-hydrogen) atoms. The zero-order valence-electron chi connectivity index (χ0n) is 17.9. The average molecular weight is 429 g/mol. The highest BCUT2D eigenvalue weighted by Gasteiger charge is 2.22. The first-order valence-corrected chi connectivity index (χ1v) is 10.8. The van der Waals surface area contributed by atoms with Gasteiger partial charge in [-0.25, -0.2) is 17.6 Å². The molecule has 4 heteroatoms. The summed E-state index contributed by atoms with van der Waals surface area (Å²) in [5.41, 5.74) is 2.24. The Hall–Kier alpha value is -2.62. The van der Waals surface area contributed by atoms with E-state index in [9.17, 15) is 17.6 Å². The molecule has 0 N–H and O–H groups in total. The van der Waals surface area contributed by atoms with E-state index in [2.05, 4.69) is 13.2 Å². The zero-order valence-corrected chi connectivity index (χ0v) is 17.9. The predicted octanol–water partition coefficient (Wildman–Crippen LogP) is 8.90. The van der Waals surface area contributed by atoms with Gasteiger partial charge in [0.15, 0.2) is 23.3 Å². The van der Waals surface area contributed by atoms with Crippen molar-refractivity contribution in [2.45, 2.75) is 57.8 Å². The van der Waals surface area contributed by atoms with Gasteiger partial charge in [-0.2, -0.15) is 0 Å². The third kappa shape index (κ3) is 5.36. The van der Waals surface area contributed by atoms with Crippen molar-refractivity contribution in [3.05, 3.63) is 95.1 Å². The Bertz CT molecular complexity index is 993. The number of rotatable bonds is 7. The Morgan fingerprint density at radius 3 is 2.13 bits per heavy atom. The lowest BCUT2D eigenvalue weighted by Crippen LogP contribution is -2.08. The molecular formula is C27H28F4. The summed E-state index contributed by atoms with van der Waals surface area (Å²) in [7, 11) is 0. The Morgan fingerprint density at radius 1 is 0.871 bits per heavy atom. The highest BCUT2D eigenvalue weighted by Crippen LogP contribution is 2.37. The number of halogens is 4. The number of aryl methyl sites for hydroxylation is 1. The molecule has 164 valence electrons. The maximum Gasteiger partial charge on any atom is 0.166 e. The van der Waals surface area contributed by atoms with Gasteiger partial charge in [0.25, 0.3) is 0 Å². The van der Waals surface area contributed by atoms with Crippen LogP contribution in [0, 0.1) is 11.6 Å². The van der Waals surface area contributed by atoms with Gasteiger partial charge in [-0.1, -0.05) is 68.8 Å². The second-order valence-electron chi connectivity index (χ2n) is 8.37. The molecule has 0 aliphatic heterocycles. The smallest absolute Gasteiger partial charge is 0.166 e. The average Bonchev–Trinajstić information content (AvgIpc) is 2.79. The van der Waals surface area contributed by atoms with Crippen molar-refractivity contribution in [3.63, 3.8) is 0 Å². The summed E-state index contributed by atoms with van der Waals surface area (Å²) in [5, 5.41) is 0. The van der Waals surface area contributed by atoms with Crippen LogP contribution in [0.25, 0.3) is 11.1 Å². The third-order valence-electron chi connectivity index (χ3n) is 6.02.